The minimum atomic E-state index is -0.730. The molecule has 2 fully saturated rings. The zero-order valence-electron chi connectivity index (χ0n) is 13.9. The zero-order chi connectivity index (χ0) is 17.7. The van der Waals surface area contributed by atoms with Crippen LogP contribution in [0.15, 0.2) is 0 Å². The number of ether oxygens (including phenoxy) is 2. The smallest absolute Gasteiger partial charge is 0.316 e. The lowest BCUT2D eigenvalue weighted by molar-refractivity contribution is -0.152. The summed E-state index contributed by atoms with van der Waals surface area (Å²) in [5, 5.41) is 9.80. The van der Waals surface area contributed by atoms with Crippen molar-refractivity contribution in [3.63, 3.8) is 0 Å². The van der Waals surface area contributed by atoms with Crippen LogP contribution in [-0.4, -0.2) is 47.0 Å². The van der Waals surface area contributed by atoms with E-state index >= 15 is 0 Å². The number of hydrogen-bond acceptors (Lipinski definition) is 6. The zero-order valence-corrected chi connectivity index (χ0v) is 15.5. The Balaban J connectivity index is 0.000000345. The molecule has 1 N–H and O–H groups in total. The molecule has 2 saturated carbocycles. The van der Waals surface area contributed by atoms with E-state index in [-0.39, 0.29) is 18.4 Å². The third-order valence-electron chi connectivity index (χ3n) is 3.39. The summed E-state index contributed by atoms with van der Waals surface area (Å²) in [6, 6.07) is 0. The predicted molar refractivity (Wildman–Crippen MR) is 89.3 cm³/mol. The SMILES string of the molecule is CCOC(=O)CBr.CCOC(=O)CC1(O)CCC1.O=C1CCC1. The number of carbonyl (C=O) groups excluding carboxylic acids is 3. The van der Waals surface area contributed by atoms with E-state index in [0.717, 1.165) is 38.5 Å². The molecule has 0 saturated heterocycles. The second kappa shape index (κ2) is 12.5. The van der Waals surface area contributed by atoms with Crippen molar-refractivity contribution in [1.82, 2.24) is 0 Å². The number of alkyl halides is 1. The number of halogens is 1. The maximum atomic E-state index is 10.9. The molecule has 0 amide bonds. The van der Waals surface area contributed by atoms with Crippen LogP contribution in [0.1, 0.15) is 58.8 Å². The highest BCUT2D eigenvalue weighted by Gasteiger charge is 2.36. The molecule has 0 aromatic rings. The summed E-state index contributed by atoms with van der Waals surface area (Å²) >= 11 is 2.94. The largest absolute Gasteiger partial charge is 0.466 e. The number of hydrogen-bond donors (Lipinski definition) is 1. The maximum absolute atomic E-state index is 10.9. The van der Waals surface area contributed by atoms with Gasteiger partial charge in [0.2, 0.25) is 0 Å². The molecular weight excluding hydrogens is 368 g/mol. The maximum Gasteiger partial charge on any atom is 0.316 e. The predicted octanol–water partition coefficient (Wildman–Crippen LogP) is 2.54. The molecule has 2 aliphatic carbocycles. The van der Waals surface area contributed by atoms with Gasteiger partial charge in [-0.05, 0) is 39.5 Å². The Labute approximate surface area is 146 Å². The molecule has 0 radical (unpaired) electrons. The van der Waals surface area contributed by atoms with Gasteiger partial charge in [0.1, 0.15) is 11.1 Å². The van der Waals surface area contributed by atoms with E-state index < -0.39 is 5.60 Å². The Hall–Kier alpha value is -0.950. The molecule has 134 valence electrons. The Morgan fingerprint density at radius 2 is 1.57 bits per heavy atom. The van der Waals surface area contributed by atoms with E-state index in [1.807, 2.05) is 0 Å². The van der Waals surface area contributed by atoms with Crippen LogP contribution in [-0.2, 0) is 23.9 Å². The molecule has 6 nitrogen and oxygen atoms in total. The van der Waals surface area contributed by atoms with Gasteiger partial charge < -0.3 is 14.6 Å². The lowest BCUT2D eigenvalue weighted by atomic mass is 9.78. The third kappa shape index (κ3) is 11.3. The highest BCUT2D eigenvalue weighted by Crippen LogP contribution is 2.34. The van der Waals surface area contributed by atoms with Gasteiger partial charge in [-0.3, -0.25) is 14.4 Å². The first-order valence-electron chi connectivity index (χ1n) is 7.98. The first-order chi connectivity index (χ1) is 10.9. The van der Waals surface area contributed by atoms with Gasteiger partial charge in [-0.2, -0.15) is 0 Å². The van der Waals surface area contributed by atoms with Crippen LogP contribution in [0.25, 0.3) is 0 Å². The minimum absolute atomic E-state index is 0.167. The van der Waals surface area contributed by atoms with Crippen LogP contribution < -0.4 is 0 Å². The fourth-order valence-corrected chi connectivity index (χ4v) is 1.92. The van der Waals surface area contributed by atoms with E-state index in [4.69, 9.17) is 4.74 Å². The van der Waals surface area contributed by atoms with Crippen LogP contribution in [0.3, 0.4) is 0 Å². The molecule has 0 unspecified atom stereocenters. The Bertz CT molecular complexity index is 373. The van der Waals surface area contributed by atoms with Crippen LogP contribution >= 0.6 is 15.9 Å². The minimum Gasteiger partial charge on any atom is -0.466 e. The normalized spacial score (nSPS) is 17.1. The van der Waals surface area contributed by atoms with Gasteiger partial charge in [-0.15, -0.1) is 0 Å². The van der Waals surface area contributed by atoms with Crippen LogP contribution in [0, 0.1) is 0 Å². The van der Waals surface area contributed by atoms with Gasteiger partial charge in [-0.25, -0.2) is 0 Å². The summed E-state index contributed by atoms with van der Waals surface area (Å²) in [7, 11) is 0. The average Bonchev–Trinajstić information content (AvgIpc) is 2.45. The number of aliphatic hydroxyl groups is 1. The monoisotopic (exact) mass is 394 g/mol. The van der Waals surface area contributed by atoms with Gasteiger partial charge in [-0.1, -0.05) is 15.9 Å². The number of rotatable bonds is 5. The van der Waals surface area contributed by atoms with E-state index in [1.54, 1.807) is 13.8 Å². The van der Waals surface area contributed by atoms with Gasteiger partial charge >= 0.3 is 11.9 Å². The lowest BCUT2D eigenvalue weighted by Gasteiger charge is -2.35. The molecule has 7 heteroatoms. The van der Waals surface area contributed by atoms with Gasteiger partial charge in [0.05, 0.1) is 25.2 Å². The first kappa shape index (κ1) is 22.1. The molecular formula is C16H27BrO6. The summed E-state index contributed by atoms with van der Waals surface area (Å²) in [5.74, 6) is -0.0535. The summed E-state index contributed by atoms with van der Waals surface area (Å²) < 4.78 is 9.22. The van der Waals surface area contributed by atoms with Crippen molar-refractivity contribution in [3.8, 4) is 0 Å². The summed E-state index contributed by atoms with van der Waals surface area (Å²) in [6.45, 7) is 4.41. The van der Waals surface area contributed by atoms with Crippen molar-refractivity contribution in [3.05, 3.63) is 0 Å². The van der Waals surface area contributed by atoms with Gasteiger partial charge in [0.15, 0.2) is 0 Å². The lowest BCUT2D eigenvalue weighted by Crippen LogP contribution is -2.39. The fourth-order valence-electron chi connectivity index (χ4n) is 1.76. The Kier molecular flexibility index (Phi) is 12.0. The molecule has 0 spiro atoms. The van der Waals surface area contributed by atoms with E-state index in [1.165, 1.54) is 0 Å². The summed E-state index contributed by atoms with van der Waals surface area (Å²) in [6.07, 6.45) is 5.51. The number of ketones is 1. The average molecular weight is 395 g/mol. The molecule has 2 rings (SSSR count). The summed E-state index contributed by atoms with van der Waals surface area (Å²) in [4.78, 5) is 30.9. The van der Waals surface area contributed by atoms with Crippen molar-refractivity contribution < 1.29 is 29.0 Å². The molecule has 0 aromatic carbocycles. The van der Waals surface area contributed by atoms with Crippen molar-refractivity contribution in [2.45, 2.75) is 64.4 Å². The molecule has 0 heterocycles. The van der Waals surface area contributed by atoms with Crippen LogP contribution in [0.5, 0.6) is 0 Å². The second-order valence-electron chi connectivity index (χ2n) is 5.39. The molecule has 0 atom stereocenters. The van der Waals surface area contributed by atoms with Gasteiger partial charge in [0, 0.05) is 12.8 Å². The van der Waals surface area contributed by atoms with E-state index in [9.17, 15) is 19.5 Å². The number of carbonyl (C=O) groups is 3. The standard InChI is InChI=1S/C8H14O3.C4H7BrO2.C4H6O/c1-2-11-7(9)6-8(10)4-3-5-8;1-2-7-4(6)3-5;5-4-2-1-3-4/h10H,2-6H2,1H3;2-3H2,1H3;1-3H2. The fraction of sp³-hybridized carbons (Fsp3) is 0.812. The van der Waals surface area contributed by atoms with Crippen LogP contribution in [0.4, 0.5) is 0 Å². The quantitative estimate of drug-likeness (QED) is 0.569. The number of Topliss-reactive ketones (excluding diaryl/α,β-unsaturated/α-hetero) is 1. The highest BCUT2D eigenvalue weighted by molar-refractivity contribution is 9.09. The molecule has 0 aromatic heterocycles. The van der Waals surface area contributed by atoms with E-state index in [2.05, 4.69) is 20.7 Å². The van der Waals surface area contributed by atoms with E-state index in [0.29, 0.717) is 24.3 Å². The molecule has 2 aliphatic rings. The topological polar surface area (TPSA) is 89.9 Å². The summed E-state index contributed by atoms with van der Waals surface area (Å²) in [5.41, 5.74) is -0.730. The van der Waals surface area contributed by atoms with Crippen molar-refractivity contribution in [2.75, 3.05) is 18.5 Å². The first-order valence-corrected chi connectivity index (χ1v) is 9.10. The van der Waals surface area contributed by atoms with Crippen molar-refractivity contribution >= 4 is 33.7 Å². The second-order valence-corrected chi connectivity index (χ2v) is 5.95. The molecule has 23 heavy (non-hydrogen) atoms. The molecule has 0 bridgehead atoms. The highest BCUT2D eigenvalue weighted by atomic mass is 79.9. The van der Waals surface area contributed by atoms with Crippen LogP contribution in [0.2, 0.25) is 0 Å². The number of esters is 2. The molecule has 0 aliphatic heterocycles. The Morgan fingerprint density at radius 1 is 1.09 bits per heavy atom. The van der Waals surface area contributed by atoms with Crippen molar-refractivity contribution in [2.24, 2.45) is 0 Å². The van der Waals surface area contributed by atoms with Gasteiger partial charge in [0.25, 0.3) is 0 Å². The third-order valence-corrected chi connectivity index (χ3v) is 3.85. The Morgan fingerprint density at radius 3 is 1.78 bits per heavy atom. The van der Waals surface area contributed by atoms with Crippen molar-refractivity contribution in [1.29, 1.82) is 0 Å².